The summed E-state index contributed by atoms with van der Waals surface area (Å²) < 4.78 is 35.9. The van der Waals surface area contributed by atoms with Gasteiger partial charge in [0, 0.05) is 35.7 Å². The van der Waals surface area contributed by atoms with Crippen molar-refractivity contribution in [3.05, 3.63) is 89.9 Å². The Bertz CT molecular complexity index is 1650. The third kappa shape index (κ3) is 3.76. The molecule has 1 saturated heterocycles. The van der Waals surface area contributed by atoms with Gasteiger partial charge in [0.1, 0.15) is 24.0 Å². The van der Waals surface area contributed by atoms with Gasteiger partial charge in [-0.2, -0.15) is 0 Å². The van der Waals surface area contributed by atoms with Gasteiger partial charge in [0.2, 0.25) is 5.69 Å². The Balaban J connectivity index is 1.29. The predicted octanol–water partition coefficient (Wildman–Crippen LogP) is 7.59. The van der Waals surface area contributed by atoms with Crippen LogP contribution in [0.4, 0.5) is 4.39 Å². The van der Waals surface area contributed by atoms with Crippen LogP contribution in [0.15, 0.2) is 77.3 Å². The van der Waals surface area contributed by atoms with Crippen molar-refractivity contribution in [2.75, 3.05) is 13.2 Å². The van der Waals surface area contributed by atoms with Gasteiger partial charge >= 0.3 is 0 Å². The zero-order valence-corrected chi connectivity index (χ0v) is 21.8. The van der Waals surface area contributed by atoms with E-state index in [4.69, 9.17) is 13.9 Å². The SMILES string of the molecule is Cc1ccc2c(oc3c(-c4ccc(C5CCC6(CC5)OCCO6)cc4)c(F)ccc32)c1-c1cccc[n+]1C. The average Bonchev–Trinajstić information content (AvgIpc) is 3.54. The van der Waals surface area contributed by atoms with Gasteiger partial charge in [-0.25, -0.2) is 8.96 Å². The molecule has 0 unspecified atom stereocenters. The molecule has 3 aromatic carbocycles. The molecule has 1 aliphatic carbocycles. The van der Waals surface area contributed by atoms with E-state index in [1.54, 1.807) is 6.07 Å². The third-order valence-electron chi connectivity index (χ3n) is 8.51. The van der Waals surface area contributed by atoms with E-state index in [9.17, 15) is 0 Å². The first-order valence-corrected chi connectivity index (χ1v) is 13.5. The molecular formula is C33H31FNO3+. The van der Waals surface area contributed by atoms with E-state index in [2.05, 4.69) is 41.8 Å². The minimum atomic E-state index is -0.357. The van der Waals surface area contributed by atoms with Gasteiger partial charge in [0.25, 0.3) is 0 Å². The summed E-state index contributed by atoms with van der Waals surface area (Å²) in [6, 6.07) is 22.1. The number of rotatable bonds is 3. The van der Waals surface area contributed by atoms with Crippen LogP contribution in [0, 0.1) is 12.7 Å². The van der Waals surface area contributed by atoms with Crippen LogP contribution >= 0.6 is 0 Å². The van der Waals surface area contributed by atoms with Crippen LogP contribution in [-0.2, 0) is 16.5 Å². The second-order valence-corrected chi connectivity index (χ2v) is 10.7. The quantitative estimate of drug-likeness (QED) is 0.236. The highest BCUT2D eigenvalue weighted by atomic mass is 19.1. The number of nitrogens with zero attached hydrogens (tertiary/aromatic N) is 1. The maximum Gasteiger partial charge on any atom is 0.216 e. The fraction of sp³-hybridized carbons (Fsp3) is 0.303. The molecule has 2 aromatic heterocycles. The van der Waals surface area contributed by atoms with Crippen LogP contribution in [0.3, 0.4) is 0 Å². The van der Waals surface area contributed by atoms with Crippen molar-refractivity contribution < 1.29 is 22.8 Å². The minimum absolute atomic E-state index is 0.275. The number of ether oxygens (including phenoxy) is 2. The van der Waals surface area contributed by atoms with Crippen molar-refractivity contribution in [3.8, 4) is 22.4 Å². The minimum Gasteiger partial charge on any atom is -0.454 e. The number of hydrogen-bond acceptors (Lipinski definition) is 3. The highest BCUT2D eigenvalue weighted by Crippen LogP contribution is 2.44. The Kier molecular flexibility index (Phi) is 5.60. The second kappa shape index (κ2) is 9.04. The molecule has 2 fully saturated rings. The number of fused-ring (bicyclic) bond motifs is 3. The van der Waals surface area contributed by atoms with Gasteiger partial charge < -0.3 is 13.9 Å². The van der Waals surface area contributed by atoms with Crippen molar-refractivity contribution in [1.29, 1.82) is 0 Å². The number of aryl methyl sites for hydroxylation is 2. The van der Waals surface area contributed by atoms with Gasteiger partial charge in [-0.1, -0.05) is 36.4 Å². The van der Waals surface area contributed by atoms with E-state index in [0.717, 1.165) is 64.4 Å². The lowest BCUT2D eigenvalue weighted by molar-refractivity contribution is -0.660. The van der Waals surface area contributed by atoms with Crippen LogP contribution < -0.4 is 4.57 Å². The number of furan rings is 1. The van der Waals surface area contributed by atoms with E-state index < -0.39 is 0 Å². The van der Waals surface area contributed by atoms with Crippen molar-refractivity contribution in [2.45, 2.75) is 44.3 Å². The van der Waals surface area contributed by atoms with E-state index in [1.807, 2.05) is 43.6 Å². The summed E-state index contributed by atoms with van der Waals surface area (Å²) in [4.78, 5) is 0. The molecule has 4 nitrogen and oxygen atoms in total. The molecule has 7 rings (SSSR count). The largest absolute Gasteiger partial charge is 0.454 e. The number of aromatic nitrogens is 1. The van der Waals surface area contributed by atoms with Crippen molar-refractivity contribution in [2.24, 2.45) is 7.05 Å². The molecule has 1 aliphatic heterocycles. The highest BCUT2D eigenvalue weighted by molar-refractivity contribution is 6.13. The fourth-order valence-electron chi connectivity index (χ4n) is 6.45. The molecule has 0 amide bonds. The molecule has 1 saturated carbocycles. The summed E-state index contributed by atoms with van der Waals surface area (Å²) in [5.74, 6) is -0.167. The smallest absolute Gasteiger partial charge is 0.216 e. The lowest BCUT2D eigenvalue weighted by Gasteiger charge is -2.35. The van der Waals surface area contributed by atoms with Crippen molar-refractivity contribution in [3.63, 3.8) is 0 Å². The second-order valence-electron chi connectivity index (χ2n) is 10.7. The Morgan fingerprint density at radius 2 is 1.50 bits per heavy atom. The van der Waals surface area contributed by atoms with Crippen LogP contribution in [0.2, 0.25) is 0 Å². The number of hydrogen-bond donors (Lipinski definition) is 0. The van der Waals surface area contributed by atoms with Crippen molar-refractivity contribution in [1.82, 2.24) is 0 Å². The topological polar surface area (TPSA) is 35.5 Å². The van der Waals surface area contributed by atoms with Gasteiger partial charge in [-0.3, -0.25) is 0 Å². The lowest BCUT2D eigenvalue weighted by atomic mass is 9.80. The first-order valence-electron chi connectivity index (χ1n) is 13.5. The normalized spacial score (nSPS) is 17.7. The zero-order chi connectivity index (χ0) is 25.9. The van der Waals surface area contributed by atoms with Crippen LogP contribution in [0.25, 0.3) is 44.3 Å². The molecule has 3 heterocycles. The molecule has 192 valence electrons. The molecule has 0 atom stereocenters. The molecule has 1 spiro atoms. The van der Waals surface area contributed by atoms with Crippen LogP contribution in [-0.4, -0.2) is 19.0 Å². The van der Waals surface area contributed by atoms with E-state index in [1.165, 1.54) is 5.56 Å². The summed E-state index contributed by atoms with van der Waals surface area (Å²) in [6.45, 7) is 3.49. The molecule has 0 N–H and O–H groups in total. The third-order valence-corrected chi connectivity index (χ3v) is 8.51. The van der Waals surface area contributed by atoms with E-state index >= 15 is 4.39 Å². The van der Waals surface area contributed by atoms with Crippen LogP contribution in [0.1, 0.15) is 42.7 Å². The maximum atomic E-state index is 15.4. The highest BCUT2D eigenvalue weighted by Gasteiger charge is 2.40. The van der Waals surface area contributed by atoms with Crippen LogP contribution in [0.5, 0.6) is 0 Å². The number of pyridine rings is 1. The monoisotopic (exact) mass is 508 g/mol. The van der Waals surface area contributed by atoms with Crippen molar-refractivity contribution >= 4 is 21.9 Å². The first kappa shape index (κ1) is 23.6. The zero-order valence-electron chi connectivity index (χ0n) is 21.8. The average molecular weight is 509 g/mol. The first-order chi connectivity index (χ1) is 18.5. The molecule has 38 heavy (non-hydrogen) atoms. The van der Waals surface area contributed by atoms with E-state index in [-0.39, 0.29) is 11.6 Å². The lowest BCUT2D eigenvalue weighted by Crippen LogP contribution is -2.34. The Hall–Kier alpha value is -3.54. The summed E-state index contributed by atoms with van der Waals surface area (Å²) in [5, 5.41) is 1.92. The molecular weight excluding hydrogens is 477 g/mol. The molecule has 2 aliphatic rings. The van der Waals surface area contributed by atoms with Gasteiger partial charge in [-0.15, -0.1) is 0 Å². The maximum absolute atomic E-state index is 15.4. The summed E-state index contributed by atoms with van der Waals surface area (Å²) in [5.41, 5.74) is 7.22. The van der Waals surface area contributed by atoms with Gasteiger partial charge in [-0.05, 0) is 60.6 Å². The number of benzene rings is 3. The Morgan fingerprint density at radius 1 is 0.816 bits per heavy atom. The summed E-state index contributed by atoms with van der Waals surface area (Å²) >= 11 is 0. The van der Waals surface area contributed by atoms with E-state index in [0.29, 0.717) is 30.3 Å². The van der Waals surface area contributed by atoms with Gasteiger partial charge in [0.05, 0.1) is 24.3 Å². The molecule has 0 radical (unpaired) electrons. The fourth-order valence-corrected chi connectivity index (χ4v) is 6.45. The standard InChI is InChI=1S/C33H31FNO3/c1-21-6-11-25-26-12-13-27(34)30(32(26)38-31(25)29(21)28-5-3-4-18-35(28)2)24-9-7-22(8-10-24)23-14-16-33(17-15-23)36-19-20-37-33/h3-13,18,23H,14-17,19-20H2,1-2H3/q+1. The Labute approximate surface area is 221 Å². The Morgan fingerprint density at radius 3 is 2.21 bits per heavy atom. The summed E-state index contributed by atoms with van der Waals surface area (Å²) in [7, 11) is 2.03. The molecule has 5 heteroatoms. The predicted molar refractivity (Wildman–Crippen MR) is 146 cm³/mol. The number of halogens is 1. The summed E-state index contributed by atoms with van der Waals surface area (Å²) in [6.07, 6.45) is 5.95. The molecule has 5 aromatic rings. The molecule has 0 bridgehead atoms. The van der Waals surface area contributed by atoms with Gasteiger partial charge in [0.15, 0.2) is 12.0 Å².